The van der Waals surface area contributed by atoms with Crippen molar-refractivity contribution in [3.63, 3.8) is 0 Å². The zero-order valence-electron chi connectivity index (χ0n) is 39.7. The Labute approximate surface area is 421 Å². The Bertz CT molecular complexity index is 3500. The summed E-state index contributed by atoms with van der Waals surface area (Å²) in [4.78, 5) is 0.104. The number of aryl methyl sites for hydroxylation is 2. The molecule has 0 fully saturated rings. The van der Waals surface area contributed by atoms with Crippen LogP contribution in [0.1, 0.15) is 11.1 Å². The van der Waals surface area contributed by atoms with Gasteiger partial charge in [0.2, 0.25) is 0 Å². The Morgan fingerprint density at radius 1 is 0.333 bits per heavy atom. The second kappa shape index (κ2) is 20.8. The highest BCUT2D eigenvalue weighted by atomic mass is 32.2. The van der Waals surface area contributed by atoms with E-state index in [0.29, 0.717) is 22.6 Å². The lowest BCUT2D eigenvalue weighted by Crippen LogP contribution is -2.14. The van der Waals surface area contributed by atoms with Crippen molar-refractivity contribution < 1.29 is 34.7 Å². The van der Waals surface area contributed by atoms with Crippen LogP contribution in [0.15, 0.2) is 228 Å². The second-order valence-corrected chi connectivity index (χ2v) is 20.7. The van der Waals surface area contributed by atoms with Gasteiger partial charge in [0.25, 0.3) is 20.2 Å². The zero-order chi connectivity index (χ0) is 49.7. The van der Waals surface area contributed by atoms with Crippen LogP contribution in [-0.4, -0.2) is 43.3 Å². The molecular formula is C62H50O8S2. The van der Waals surface area contributed by atoms with E-state index in [9.17, 15) is 16.8 Å². The minimum absolute atomic E-state index is 0.0520. The number of fused-ring (bicyclic) bond motifs is 2. The molecule has 0 heterocycles. The summed E-state index contributed by atoms with van der Waals surface area (Å²) in [6.07, 6.45) is 0. The van der Waals surface area contributed by atoms with E-state index < -0.39 is 20.2 Å². The lowest BCUT2D eigenvalue weighted by atomic mass is 9.86. The van der Waals surface area contributed by atoms with Gasteiger partial charge in [-0.2, -0.15) is 16.8 Å². The van der Waals surface area contributed by atoms with Crippen LogP contribution in [0.2, 0.25) is 0 Å². The first-order chi connectivity index (χ1) is 35.0. The van der Waals surface area contributed by atoms with Crippen LogP contribution in [-0.2, 0) is 28.6 Å². The summed E-state index contributed by atoms with van der Waals surface area (Å²) in [5.74, 6) is 0.949. The molecular weight excluding hydrogens is 937 g/mol. The molecule has 8 nitrogen and oxygen atoms in total. The van der Waals surface area contributed by atoms with E-state index in [1.165, 1.54) is 24.3 Å². The van der Waals surface area contributed by atoms with Gasteiger partial charge in [0.1, 0.15) is 37.9 Å². The van der Waals surface area contributed by atoms with Crippen molar-refractivity contribution in [1.29, 1.82) is 0 Å². The summed E-state index contributed by atoms with van der Waals surface area (Å²) in [6.45, 7) is 2.96. The number of rotatable bonds is 17. The molecule has 10 heteroatoms. The first-order valence-corrected chi connectivity index (χ1v) is 26.5. The predicted octanol–water partition coefficient (Wildman–Crippen LogP) is 14.5. The molecule has 0 atom stereocenters. The Morgan fingerprint density at radius 2 is 0.653 bits per heavy atom. The zero-order valence-corrected chi connectivity index (χ0v) is 41.3. The molecule has 0 saturated heterocycles. The molecule has 10 rings (SSSR count). The summed E-state index contributed by atoms with van der Waals surface area (Å²) in [7, 11) is -8.22. The van der Waals surface area contributed by atoms with Gasteiger partial charge in [0.15, 0.2) is 0 Å². The fourth-order valence-electron chi connectivity index (χ4n) is 8.95. The SMILES string of the molecule is Cc1ccc(S(=O)(=O)OCCOc2c(-c3ccc(-c4ccccc4)cc3)cc3ccccc3c2-c2c(OCCOS(=O)(=O)c3ccc(C)cc3)c(-c3ccc(-c4ccccc4)cc3)cc3ccccc23)cc1. The van der Waals surface area contributed by atoms with E-state index in [0.717, 1.165) is 77.2 Å². The highest BCUT2D eigenvalue weighted by Crippen LogP contribution is 2.52. The minimum Gasteiger partial charge on any atom is -0.490 e. The van der Waals surface area contributed by atoms with Crippen molar-refractivity contribution in [2.24, 2.45) is 0 Å². The van der Waals surface area contributed by atoms with Crippen molar-refractivity contribution in [3.05, 3.63) is 230 Å². The maximum atomic E-state index is 13.5. The van der Waals surface area contributed by atoms with Crippen molar-refractivity contribution in [3.8, 4) is 67.1 Å². The standard InChI is InChI=1S/C62H50O8S2/c1-43-21-33-53(34-22-43)71(63,64)69-39-37-67-61-57(49-29-25-47(26-30-49)45-13-5-3-6-14-45)41-51-17-9-11-19-55(51)59(61)60-56-20-12-10-18-52(56)42-58(50-31-27-48(28-32-50)46-15-7-4-8-16-46)62(60)68-38-40-70-72(65,66)54-35-23-44(2)24-36-54/h3-36,41-42H,37-40H2,1-2H3. The average Bonchev–Trinajstić information content (AvgIpc) is 3.41. The van der Waals surface area contributed by atoms with E-state index in [2.05, 4.69) is 97.1 Å². The summed E-state index contributed by atoms with van der Waals surface area (Å²) in [6, 6.07) is 70.2. The summed E-state index contributed by atoms with van der Waals surface area (Å²) >= 11 is 0. The maximum absolute atomic E-state index is 13.5. The van der Waals surface area contributed by atoms with Gasteiger partial charge in [0, 0.05) is 22.3 Å². The molecule has 0 aliphatic rings. The molecule has 0 saturated carbocycles. The monoisotopic (exact) mass is 986 g/mol. The van der Waals surface area contributed by atoms with Crippen molar-refractivity contribution in [2.45, 2.75) is 23.6 Å². The molecule has 0 aliphatic heterocycles. The average molecular weight is 987 g/mol. The normalized spacial score (nSPS) is 11.8. The van der Waals surface area contributed by atoms with Crippen molar-refractivity contribution in [1.82, 2.24) is 0 Å². The molecule has 10 aromatic carbocycles. The van der Waals surface area contributed by atoms with Gasteiger partial charge in [-0.1, -0.05) is 193 Å². The Hall–Kier alpha value is -7.86. The topological polar surface area (TPSA) is 105 Å². The first-order valence-electron chi connectivity index (χ1n) is 23.6. The van der Waals surface area contributed by atoms with Crippen LogP contribution in [0.4, 0.5) is 0 Å². The van der Waals surface area contributed by atoms with Gasteiger partial charge < -0.3 is 9.47 Å². The van der Waals surface area contributed by atoms with Crippen molar-refractivity contribution in [2.75, 3.05) is 26.4 Å². The fourth-order valence-corrected chi connectivity index (χ4v) is 10.7. The highest BCUT2D eigenvalue weighted by molar-refractivity contribution is 7.87. The molecule has 0 N–H and O–H groups in total. The van der Waals surface area contributed by atoms with Gasteiger partial charge in [-0.3, -0.25) is 8.37 Å². The second-order valence-electron chi connectivity index (χ2n) is 17.5. The quantitative estimate of drug-likeness (QED) is 0.0656. The molecule has 0 bridgehead atoms. The molecule has 0 aliphatic carbocycles. The maximum Gasteiger partial charge on any atom is 0.297 e. The van der Waals surface area contributed by atoms with Crippen LogP contribution in [0.5, 0.6) is 11.5 Å². The molecule has 0 aromatic heterocycles. The number of benzene rings is 10. The van der Waals surface area contributed by atoms with Crippen LogP contribution in [0.3, 0.4) is 0 Å². The molecule has 0 radical (unpaired) electrons. The van der Waals surface area contributed by atoms with E-state index >= 15 is 0 Å². The third-order valence-electron chi connectivity index (χ3n) is 12.6. The molecule has 358 valence electrons. The third-order valence-corrected chi connectivity index (χ3v) is 15.3. The van der Waals surface area contributed by atoms with Gasteiger partial charge in [0.05, 0.1) is 9.79 Å². The molecule has 0 spiro atoms. The minimum atomic E-state index is -4.11. The first kappa shape index (κ1) is 47.8. The smallest absolute Gasteiger partial charge is 0.297 e. The molecule has 72 heavy (non-hydrogen) atoms. The number of hydrogen-bond acceptors (Lipinski definition) is 8. The lowest BCUT2D eigenvalue weighted by molar-refractivity contribution is 0.220. The van der Waals surface area contributed by atoms with Gasteiger partial charge in [-0.25, -0.2) is 0 Å². The highest BCUT2D eigenvalue weighted by Gasteiger charge is 2.27. The summed E-state index contributed by atoms with van der Waals surface area (Å²) < 4.78 is 79.0. The predicted molar refractivity (Wildman–Crippen MR) is 288 cm³/mol. The largest absolute Gasteiger partial charge is 0.490 e. The summed E-state index contributed by atoms with van der Waals surface area (Å²) in [5.41, 5.74) is 10.7. The van der Waals surface area contributed by atoms with E-state index in [4.69, 9.17) is 17.8 Å². The Kier molecular flexibility index (Phi) is 13.8. The molecule has 0 amide bonds. The van der Waals surface area contributed by atoms with Crippen LogP contribution in [0.25, 0.3) is 77.2 Å². The van der Waals surface area contributed by atoms with Gasteiger partial charge in [-0.05, 0) is 105 Å². The molecule has 0 unspecified atom stereocenters. The van der Waals surface area contributed by atoms with Gasteiger partial charge in [-0.15, -0.1) is 0 Å². The van der Waals surface area contributed by atoms with E-state index in [-0.39, 0.29) is 36.2 Å². The van der Waals surface area contributed by atoms with Crippen LogP contribution < -0.4 is 9.47 Å². The van der Waals surface area contributed by atoms with E-state index in [1.807, 2.05) is 86.6 Å². The molecule has 10 aromatic rings. The van der Waals surface area contributed by atoms with E-state index in [1.54, 1.807) is 24.3 Å². The van der Waals surface area contributed by atoms with Crippen molar-refractivity contribution >= 4 is 41.8 Å². The number of ether oxygens (including phenoxy) is 2. The lowest BCUT2D eigenvalue weighted by Gasteiger charge is -2.24. The third kappa shape index (κ3) is 10.3. The Balaban J connectivity index is 1.15. The summed E-state index contributed by atoms with van der Waals surface area (Å²) in [5, 5.41) is 3.52. The number of hydrogen-bond donors (Lipinski definition) is 0. The van der Waals surface area contributed by atoms with Crippen LogP contribution >= 0.6 is 0 Å². The van der Waals surface area contributed by atoms with Crippen LogP contribution in [0, 0.1) is 13.8 Å². The fraction of sp³-hybridized carbons (Fsp3) is 0.0968. The Morgan fingerprint density at radius 3 is 1.03 bits per heavy atom. The van der Waals surface area contributed by atoms with Gasteiger partial charge >= 0.3 is 0 Å².